The summed E-state index contributed by atoms with van der Waals surface area (Å²) in [6.07, 6.45) is -4.45. The molecule has 0 aliphatic heterocycles. The summed E-state index contributed by atoms with van der Waals surface area (Å²) in [6, 6.07) is 7.47. The van der Waals surface area contributed by atoms with Crippen LogP contribution in [0.3, 0.4) is 0 Å². The molecule has 0 bridgehead atoms. The van der Waals surface area contributed by atoms with Crippen molar-refractivity contribution in [1.82, 2.24) is 10.0 Å². The van der Waals surface area contributed by atoms with Crippen molar-refractivity contribution in [2.24, 2.45) is 0 Å². The van der Waals surface area contributed by atoms with Crippen LogP contribution in [0, 0.1) is 5.82 Å². The minimum atomic E-state index is -4.51. The van der Waals surface area contributed by atoms with Crippen LogP contribution in [0.15, 0.2) is 54.7 Å². The maximum absolute atomic E-state index is 13.3. The zero-order valence-corrected chi connectivity index (χ0v) is 18.1. The molecule has 0 radical (unpaired) electrons. The molecule has 174 valence electrons. The molecule has 0 aliphatic carbocycles. The molecule has 2 rings (SSSR count). The second-order valence-corrected chi connectivity index (χ2v) is 8.75. The molecule has 6 nitrogen and oxygen atoms in total. The van der Waals surface area contributed by atoms with Crippen molar-refractivity contribution in [3.05, 3.63) is 76.7 Å². The molecular weight excluding hydrogens is 476 g/mol. The number of sulfonamides is 1. The van der Waals surface area contributed by atoms with Gasteiger partial charge in [0.1, 0.15) is 11.6 Å². The fourth-order valence-corrected chi connectivity index (χ4v) is 3.80. The Balaban J connectivity index is 1.74. The van der Waals surface area contributed by atoms with Gasteiger partial charge in [0.05, 0.1) is 16.3 Å². The fraction of sp³-hybridized carbons (Fsp3) is 0.250. The van der Waals surface area contributed by atoms with Gasteiger partial charge < -0.3 is 10.1 Å². The molecule has 2 N–H and O–H groups in total. The van der Waals surface area contributed by atoms with Gasteiger partial charge in [0.25, 0.3) is 5.91 Å². The molecule has 12 heteroatoms. The van der Waals surface area contributed by atoms with E-state index in [1.807, 2.05) is 0 Å². The van der Waals surface area contributed by atoms with Crippen molar-refractivity contribution < 1.29 is 35.5 Å². The van der Waals surface area contributed by atoms with Crippen LogP contribution in [-0.4, -0.2) is 27.5 Å². The third-order valence-electron chi connectivity index (χ3n) is 3.95. The van der Waals surface area contributed by atoms with E-state index < -0.39 is 45.8 Å². The van der Waals surface area contributed by atoms with Gasteiger partial charge in [-0.1, -0.05) is 30.3 Å². The average Bonchev–Trinajstić information content (AvgIpc) is 2.68. The van der Waals surface area contributed by atoms with Crippen molar-refractivity contribution in [1.29, 1.82) is 0 Å². The van der Waals surface area contributed by atoms with Crippen LogP contribution in [0.1, 0.15) is 17.5 Å². The number of nitrogens with one attached hydrogen (secondary N) is 2. The van der Waals surface area contributed by atoms with E-state index in [1.165, 1.54) is 12.1 Å². The zero-order chi connectivity index (χ0) is 23.9. The highest BCUT2D eigenvalue weighted by molar-refractivity contribution is 7.88. The van der Waals surface area contributed by atoms with Crippen LogP contribution in [0.2, 0.25) is 5.02 Å². The lowest BCUT2D eigenvalue weighted by Crippen LogP contribution is -2.31. The first-order valence-corrected chi connectivity index (χ1v) is 11.1. The van der Waals surface area contributed by atoms with Crippen molar-refractivity contribution in [3.8, 4) is 5.75 Å². The van der Waals surface area contributed by atoms with Crippen LogP contribution < -0.4 is 14.8 Å². The fourth-order valence-electron chi connectivity index (χ4n) is 2.44. The second kappa shape index (κ2) is 10.7. The van der Waals surface area contributed by atoms with Crippen molar-refractivity contribution in [2.45, 2.75) is 18.3 Å². The number of carbonyl (C=O) groups excluding carboxylic acids is 1. The van der Waals surface area contributed by atoms with Crippen molar-refractivity contribution in [2.75, 3.05) is 13.2 Å². The molecule has 0 heterocycles. The van der Waals surface area contributed by atoms with Crippen LogP contribution >= 0.6 is 11.6 Å². The predicted octanol–water partition coefficient (Wildman–Crippen LogP) is 4.02. The minimum Gasteiger partial charge on any atom is -0.484 e. The van der Waals surface area contributed by atoms with Gasteiger partial charge in [-0.05, 0) is 29.8 Å². The normalized spacial score (nSPS) is 11.7. The number of ether oxygens (including phenoxy) is 1. The molecule has 0 aromatic heterocycles. The van der Waals surface area contributed by atoms with Gasteiger partial charge >= 0.3 is 6.18 Å². The highest BCUT2D eigenvalue weighted by Gasteiger charge is 2.30. The summed E-state index contributed by atoms with van der Waals surface area (Å²) >= 11 is 5.55. The third-order valence-corrected chi connectivity index (χ3v) is 5.57. The molecule has 2 aromatic carbocycles. The highest BCUT2D eigenvalue weighted by Crippen LogP contribution is 2.29. The molecule has 0 saturated carbocycles. The Hall–Kier alpha value is -2.79. The van der Waals surface area contributed by atoms with E-state index in [0.29, 0.717) is 0 Å². The summed E-state index contributed by atoms with van der Waals surface area (Å²) in [5.74, 6) is -1.64. The van der Waals surface area contributed by atoms with Gasteiger partial charge in [-0.2, -0.15) is 13.2 Å². The molecule has 32 heavy (non-hydrogen) atoms. The number of carbonyl (C=O) groups is 1. The monoisotopic (exact) mass is 494 g/mol. The molecule has 0 unspecified atom stereocenters. The molecule has 0 saturated heterocycles. The Morgan fingerprint density at radius 1 is 1.12 bits per heavy atom. The molecule has 0 spiro atoms. The molecule has 0 aliphatic rings. The summed E-state index contributed by atoms with van der Waals surface area (Å²) in [7, 11) is -3.90. The van der Waals surface area contributed by atoms with E-state index in [4.69, 9.17) is 16.3 Å². The Labute approximate surface area is 187 Å². The Morgan fingerprint density at radius 3 is 2.38 bits per heavy atom. The van der Waals surface area contributed by atoms with Gasteiger partial charge in [-0.15, -0.1) is 0 Å². The van der Waals surface area contributed by atoms with Crippen LogP contribution in [0.4, 0.5) is 17.6 Å². The number of hydrogen-bond donors (Lipinski definition) is 2. The Morgan fingerprint density at radius 2 is 1.78 bits per heavy atom. The number of alkyl halides is 3. The first-order chi connectivity index (χ1) is 14.9. The summed E-state index contributed by atoms with van der Waals surface area (Å²) in [6.45, 7) is 3.21. The van der Waals surface area contributed by atoms with E-state index in [-0.39, 0.29) is 35.0 Å². The van der Waals surface area contributed by atoms with Gasteiger partial charge in [-0.3, -0.25) is 9.52 Å². The lowest BCUT2D eigenvalue weighted by atomic mass is 10.1. The molecule has 1 amide bonds. The SMILES string of the molecule is C=C(CCNC(=O)COc1ccc(Cl)c(F)c1)NS(=O)(=O)Cc1ccc(C(F)(F)F)cc1. The Kier molecular flexibility index (Phi) is 8.51. The van der Waals surface area contributed by atoms with Gasteiger partial charge in [-0.25, -0.2) is 12.8 Å². The standard InChI is InChI=1S/C20H19ClF4N2O4S/c1-13(8-9-26-19(28)11-31-16-6-7-17(21)18(22)10-16)27-32(29,30)12-14-2-4-15(5-3-14)20(23,24)25/h2-7,10,27H,1,8-9,11-12H2,(H,26,28). The number of halogens is 5. The summed E-state index contributed by atoms with van der Waals surface area (Å²) in [4.78, 5) is 11.8. The van der Waals surface area contributed by atoms with Crippen LogP contribution in [-0.2, 0) is 26.7 Å². The summed E-state index contributed by atoms with van der Waals surface area (Å²) in [5.41, 5.74) is -0.628. The number of rotatable bonds is 10. The molecular formula is C20H19ClF4N2O4S. The summed E-state index contributed by atoms with van der Waals surface area (Å²) in [5, 5.41) is 2.40. The quantitative estimate of drug-likeness (QED) is 0.489. The van der Waals surface area contributed by atoms with Gasteiger partial charge in [0.15, 0.2) is 6.61 Å². The Bertz CT molecular complexity index is 1070. The number of hydrogen-bond acceptors (Lipinski definition) is 4. The smallest absolute Gasteiger partial charge is 0.416 e. The van der Waals surface area contributed by atoms with E-state index in [0.717, 1.165) is 30.3 Å². The van der Waals surface area contributed by atoms with Crippen LogP contribution in [0.5, 0.6) is 5.75 Å². The first kappa shape index (κ1) is 25.5. The number of amides is 1. The largest absolute Gasteiger partial charge is 0.484 e. The predicted molar refractivity (Wildman–Crippen MR) is 111 cm³/mol. The topological polar surface area (TPSA) is 84.5 Å². The maximum atomic E-state index is 13.3. The average molecular weight is 495 g/mol. The van der Waals surface area contributed by atoms with Crippen molar-refractivity contribution in [3.63, 3.8) is 0 Å². The van der Waals surface area contributed by atoms with Crippen molar-refractivity contribution >= 4 is 27.5 Å². The highest BCUT2D eigenvalue weighted by atomic mass is 35.5. The second-order valence-electron chi connectivity index (χ2n) is 6.62. The lowest BCUT2D eigenvalue weighted by molar-refractivity contribution is -0.137. The lowest BCUT2D eigenvalue weighted by Gasteiger charge is -2.12. The molecule has 2 aromatic rings. The first-order valence-electron chi connectivity index (χ1n) is 9.05. The van der Waals surface area contributed by atoms with Gasteiger partial charge in [0, 0.05) is 24.7 Å². The van der Waals surface area contributed by atoms with Gasteiger partial charge in [0.2, 0.25) is 10.0 Å². The molecule has 0 atom stereocenters. The minimum absolute atomic E-state index is 0.0405. The third kappa shape index (κ3) is 8.39. The summed E-state index contributed by atoms with van der Waals surface area (Å²) < 4.78 is 82.7. The molecule has 0 fully saturated rings. The van der Waals surface area contributed by atoms with E-state index >= 15 is 0 Å². The zero-order valence-electron chi connectivity index (χ0n) is 16.5. The maximum Gasteiger partial charge on any atom is 0.416 e. The van der Waals surface area contributed by atoms with E-state index in [1.54, 1.807) is 0 Å². The van der Waals surface area contributed by atoms with E-state index in [9.17, 15) is 30.8 Å². The van der Waals surface area contributed by atoms with E-state index in [2.05, 4.69) is 16.6 Å². The van der Waals surface area contributed by atoms with Crippen LogP contribution in [0.25, 0.3) is 0 Å². The number of benzene rings is 2.